The van der Waals surface area contributed by atoms with Crippen molar-refractivity contribution in [3.05, 3.63) is 0 Å². The quantitative estimate of drug-likeness (QED) is 0.747. The topological polar surface area (TPSA) is 15.3 Å². The van der Waals surface area contributed by atoms with Gasteiger partial charge in [-0.2, -0.15) is 0 Å². The lowest BCUT2D eigenvalue weighted by Crippen LogP contribution is -2.52. The summed E-state index contributed by atoms with van der Waals surface area (Å²) < 4.78 is 0. The second-order valence-electron chi connectivity index (χ2n) is 6.59. The Morgan fingerprint density at radius 2 is 1.94 bits per heavy atom. The van der Waals surface area contributed by atoms with Crippen LogP contribution >= 0.6 is 0 Å². The van der Waals surface area contributed by atoms with Gasteiger partial charge in [0.25, 0.3) is 0 Å². The number of piperidine rings is 1. The van der Waals surface area contributed by atoms with Gasteiger partial charge in [-0.3, -0.25) is 4.90 Å². The molecule has 0 spiro atoms. The summed E-state index contributed by atoms with van der Waals surface area (Å²) in [6, 6.07) is 2.39. The number of hydrogen-bond acceptors (Lipinski definition) is 2. The van der Waals surface area contributed by atoms with Crippen LogP contribution < -0.4 is 5.32 Å². The molecule has 1 N–H and O–H groups in total. The Morgan fingerprint density at radius 1 is 1.17 bits per heavy atom. The molecule has 2 heteroatoms. The predicted molar refractivity (Wildman–Crippen MR) is 78.9 cm³/mol. The molecule has 1 aliphatic carbocycles. The standard InChI is InChI=1S/C16H32N2/c1-4-6-7-14-10-16(17-15-8-9-15)12-18(11-14)13(3)5-2/h13-17H,4-12H2,1-3H3. The van der Waals surface area contributed by atoms with Crippen molar-refractivity contribution in [1.82, 2.24) is 10.2 Å². The van der Waals surface area contributed by atoms with E-state index in [4.69, 9.17) is 0 Å². The van der Waals surface area contributed by atoms with Gasteiger partial charge < -0.3 is 5.32 Å². The van der Waals surface area contributed by atoms with Crippen LogP contribution in [0.4, 0.5) is 0 Å². The fourth-order valence-electron chi connectivity index (χ4n) is 3.26. The number of nitrogens with zero attached hydrogens (tertiary/aromatic N) is 1. The van der Waals surface area contributed by atoms with Crippen LogP contribution in [-0.4, -0.2) is 36.1 Å². The first-order chi connectivity index (χ1) is 8.72. The Bertz CT molecular complexity index is 237. The molecule has 2 nitrogen and oxygen atoms in total. The summed E-state index contributed by atoms with van der Waals surface area (Å²) in [4.78, 5) is 2.74. The van der Waals surface area contributed by atoms with Gasteiger partial charge in [0.15, 0.2) is 0 Å². The molecule has 0 amide bonds. The van der Waals surface area contributed by atoms with E-state index in [2.05, 4.69) is 31.0 Å². The van der Waals surface area contributed by atoms with Crippen molar-refractivity contribution in [2.24, 2.45) is 5.92 Å². The van der Waals surface area contributed by atoms with E-state index in [1.54, 1.807) is 0 Å². The van der Waals surface area contributed by atoms with Crippen LogP contribution in [0.15, 0.2) is 0 Å². The van der Waals surface area contributed by atoms with E-state index in [9.17, 15) is 0 Å². The highest BCUT2D eigenvalue weighted by Gasteiger charge is 2.32. The van der Waals surface area contributed by atoms with Gasteiger partial charge in [0.05, 0.1) is 0 Å². The Kier molecular flexibility index (Phi) is 5.50. The molecule has 1 heterocycles. The van der Waals surface area contributed by atoms with Gasteiger partial charge in [-0.1, -0.05) is 26.7 Å². The largest absolute Gasteiger partial charge is 0.310 e. The van der Waals surface area contributed by atoms with E-state index in [0.717, 1.165) is 24.0 Å². The molecule has 0 aromatic heterocycles. The highest BCUT2D eigenvalue weighted by molar-refractivity contribution is 4.91. The van der Waals surface area contributed by atoms with E-state index >= 15 is 0 Å². The second-order valence-corrected chi connectivity index (χ2v) is 6.59. The van der Waals surface area contributed by atoms with Crippen LogP contribution in [0, 0.1) is 5.92 Å². The van der Waals surface area contributed by atoms with E-state index in [-0.39, 0.29) is 0 Å². The maximum atomic E-state index is 3.87. The third kappa shape index (κ3) is 4.24. The molecule has 2 rings (SSSR count). The van der Waals surface area contributed by atoms with Gasteiger partial charge in [0.2, 0.25) is 0 Å². The Hall–Kier alpha value is -0.0800. The van der Waals surface area contributed by atoms with Gasteiger partial charge in [-0.05, 0) is 44.9 Å². The molecule has 0 aromatic rings. The van der Waals surface area contributed by atoms with Crippen LogP contribution in [0.3, 0.4) is 0 Å². The summed E-state index contributed by atoms with van der Waals surface area (Å²) in [5, 5.41) is 3.87. The third-order valence-electron chi connectivity index (χ3n) is 4.79. The molecular weight excluding hydrogens is 220 g/mol. The smallest absolute Gasteiger partial charge is 0.0200 e. The van der Waals surface area contributed by atoms with Gasteiger partial charge in [0.1, 0.15) is 0 Å². The van der Waals surface area contributed by atoms with Gasteiger partial charge in [-0.15, -0.1) is 0 Å². The van der Waals surface area contributed by atoms with E-state index in [0.29, 0.717) is 0 Å². The zero-order valence-electron chi connectivity index (χ0n) is 12.6. The van der Waals surface area contributed by atoms with E-state index < -0.39 is 0 Å². The molecule has 0 aromatic carbocycles. The highest BCUT2D eigenvalue weighted by Crippen LogP contribution is 2.27. The van der Waals surface area contributed by atoms with Crippen LogP contribution in [0.5, 0.6) is 0 Å². The lowest BCUT2D eigenvalue weighted by Gasteiger charge is -2.41. The Morgan fingerprint density at radius 3 is 2.56 bits per heavy atom. The maximum Gasteiger partial charge on any atom is 0.0200 e. The maximum absolute atomic E-state index is 3.87. The van der Waals surface area contributed by atoms with Gasteiger partial charge in [0, 0.05) is 31.2 Å². The highest BCUT2D eigenvalue weighted by atomic mass is 15.2. The molecule has 0 bridgehead atoms. The average Bonchev–Trinajstić information content (AvgIpc) is 3.19. The summed E-state index contributed by atoms with van der Waals surface area (Å²) >= 11 is 0. The fourth-order valence-corrected chi connectivity index (χ4v) is 3.26. The van der Waals surface area contributed by atoms with E-state index in [1.165, 1.54) is 58.0 Å². The molecule has 3 atom stereocenters. The number of hydrogen-bond donors (Lipinski definition) is 1. The Balaban J connectivity index is 1.86. The normalized spacial score (nSPS) is 31.5. The zero-order valence-corrected chi connectivity index (χ0v) is 12.6. The first kappa shape index (κ1) is 14.3. The predicted octanol–water partition coefficient (Wildman–Crippen LogP) is 3.42. The van der Waals surface area contributed by atoms with Crippen LogP contribution in [0.1, 0.15) is 65.7 Å². The molecule has 1 aliphatic heterocycles. The van der Waals surface area contributed by atoms with E-state index in [1.807, 2.05) is 0 Å². The molecule has 3 unspecified atom stereocenters. The summed E-state index contributed by atoms with van der Waals surface area (Å²) in [6.07, 6.45) is 9.74. The molecule has 106 valence electrons. The lowest BCUT2D eigenvalue weighted by molar-refractivity contribution is 0.0968. The second kappa shape index (κ2) is 6.91. The molecular formula is C16H32N2. The van der Waals surface area contributed by atoms with Crippen molar-refractivity contribution in [2.45, 2.75) is 83.8 Å². The lowest BCUT2D eigenvalue weighted by atomic mass is 9.89. The van der Waals surface area contributed by atoms with Crippen molar-refractivity contribution >= 4 is 0 Å². The number of likely N-dealkylation sites (tertiary alicyclic amines) is 1. The SMILES string of the molecule is CCCCC1CC(NC2CC2)CN(C(C)CC)C1. The molecule has 0 radical (unpaired) electrons. The monoisotopic (exact) mass is 252 g/mol. The molecule has 2 fully saturated rings. The van der Waals surface area contributed by atoms with Crippen molar-refractivity contribution in [1.29, 1.82) is 0 Å². The number of unbranched alkanes of at least 4 members (excludes halogenated alkanes) is 1. The molecule has 18 heavy (non-hydrogen) atoms. The third-order valence-corrected chi connectivity index (χ3v) is 4.79. The first-order valence-corrected chi connectivity index (χ1v) is 8.23. The minimum absolute atomic E-state index is 0.762. The van der Waals surface area contributed by atoms with Crippen LogP contribution in [0.25, 0.3) is 0 Å². The fraction of sp³-hybridized carbons (Fsp3) is 1.00. The van der Waals surface area contributed by atoms with Crippen LogP contribution in [-0.2, 0) is 0 Å². The van der Waals surface area contributed by atoms with Crippen molar-refractivity contribution in [3.8, 4) is 0 Å². The molecule has 1 saturated heterocycles. The van der Waals surface area contributed by atoms with Crippen molar-refractivity contribution in [2.75, 3.05) is 13.1 Å². The molecule has 2 aliphatic rings. The first-order valence-electron chi connectivity index (χ1n) is 8.23. The van der Waals surface area contributed by atoms with Crippen LogP contribution in [0.2, 0.25) is 0 Å². The van der Waals surface area contributed by atoms with Gasteiger partial charge in [-0.25, -0.2) is 0 Å². The summed E-state index contributed by atoms with van der Waals surface area (Å²) in [6.45, 7) is 9.67. The summed E-state index contributed by atoms with van der Waals surface area (Å²) in [5.41, 5.74) is 0. The average molecular weight is 252 g/mol. The summed E-state index contributed by atoms with van der Waals surface area (Å²) in [7, 11) is 0. The zero-order chi connectivity index (χ0) is 13.0. The number of rotatable bonds is 7. The number of nitrogens with one attached hydrogen (secondary N) is 1. The van der Waals surface area contributed by atoms with Gasteiger partial charge >= 0.3 is 0 Å². The minimum atomic E-state index is 0.762. The van der Waals surface area contributed by atoms with Crippen molar-refractivity contribution < 1.29 is 0 Å². The minimum Gasteiger partial charge on any atom is -0.310 e. The molecule has 1 saturated carbocycles. The summed E-state index contributed by atoms with van der Waals surface area (Å²) in [5.74, 6) is 0.934. The Labute approximate surface area is 114 Å². The van der Waals surface area contributed by atoms with Crippen molar-refractivity contribution in [3.63, 3.8) is 0 Å².